The fraction of sp³-hybridized carbons (Fsp3) is 0.588. The van der Waals surface area contributed by atoms with Crippen LogP contribution in [0.5, 0.6) is 5.75 Å². The molecule has 24 heavy (non-hydrogen) atoms. The first-order valence-electron chi connectivity index (χ1n) is 8.20. The molecule has 1 aromatic rings. The molecule has 2 saturated heterocycles. The van der Waals surface area contributed by atoms with Crippen LogP contribution in [0.25, 0.3) is 0 Å². The highest BCUT2D eigenvalue weighted by Crippen LogP contribution is 2.28. The first-order chi connectivity index (χ1) is 11.6. The second-order valence-electron chi connectivity index (χ2n) is 6.19. The van der Waals surface area contributed by atoms with Gasteiger partial charge >= 0.3 is 0 Å². The largest absolute Gasteiger partial charge is 0.477 e. The molecule has 0 bridgehead atoms. The smallest absolute Gasteiger partial charge is 0.264 e. The van der Waals surface area contributed by atoms with Gasteiger partial charge in [0.2, 0.25) is 0 Å². The number of piperidine rings is 1. The molecule has 2 aliphatic rings. The quantitative estimate of drug-likeness (QED) is 0.836. The molecule has 1 amide bonds. The lowest BCUT2D eigenvalue weighted by Gasteiger charge is -2.37. The van der Waals surface area contributed by atoms with Crippen molar-refractivity contribution in [3.05, 3.63) is 29.3 Å². The Kier molecular flexibility index (Phi) is 5.61. The lowest BCUT2D eigenvalue weighted by molar-refractivity contribution is -0.140. The fourth-order valence-corrected chi connectivity index (χ4v) is 3.26. The molecule has 7 heteroatoms. The fourth-order valence-electron chi connectivity index (χ4n) is 3.14. The van der Waals surface area contributed by atoms with Gasteiger partial charge in [-0.15, -0.1) is 0 Å². The number of methoxy groups -OCH3 is 1. The number of hydrogen-bond donors (Lipinski definition) is 2. The Balaban J connectivity index is 1.74. The molecule has 3 rings (SSSR count). The second kappa shape index (κ2) is 7.70. The standard InChI is InChI=1S/C17H23ClN2O4/c1-22-15-11-23-10-14(15)20-16(21)17(6-8-19-9-7-17)24-13-4-2-12(18)3-5-13/h2-5,14-15,19H,6-11H2,1H3,(H,20,21)/t14-,15-/m1/s1. The maximum atomic E-state index is 13.0. The lowest BCUT2D eigenvalue weighted by Crippen LogP contribution is -2.59. The summed E-state index contributed by atoms with van der Waals surface area (Å²) in [4.78, 5) is 13.0. The number of hydrogen-bond acceptors (Lipinski definition) is 5. The zero-order valence-electron chi connectivity index (χ0n) is 13.7. The van der Waals surface area contributed by atoms with E-state index >= 15 is 0 Å². The molecule has 0 radical (unpaired) electrons. The molecular formula is C17H23ClN2O4. The summed E-state index contributed by atoms with van der Waals surface area (Å²) in [6.45, 7) is 2.42. The van der Waals surface area contributed by atoms with E-state index in [0.29, 0.717) is 36.8 Å². The molecule has 0 unspecified atom stereocenters. The predicted molar refractivity (Wildman–Crippen MR) is 90.5 cm³/mol. The Morgan fingerprint density at radius 2 is 2.00 bits per heavy atom. The van der Waals surface area contributed by atoms with E-state index in [0.717, 1.165) is 13.1 Å². The third-order valence-electron chi connectivity index (χ3n) is 4.60. The van der Waals surface area contributed by atoms with Crippen LogP contribution in [0, 0.1) is 0 Å². The van der Waals surface area contributed by atoms with Crippen LogP contribution in [0.1, 0.15) is 12.8 Å². The highest BCUT2D eigenvalue weighted by atomic mass is 35.5. The molecule has 0 spiro atoms. The Hall–Kier alpha value is -1.34. The van der Waals surface area contributed by atoms with Crippen LogP contribution in [-0.2, 0) is 14.3 Å². The lowest BCUT2D eigenvalue weighted by atomic mass is 9.90. The predicted octanol–water partition coefficient (Wildman–Crippen LogP) is 1.37. The van der Waals surface area contributed by atoms with E-state index in [1.54, 1.807) is 31.4 Å². The molecule has 0 saturated carbocycles. The van der Waals surface area contributed by atoms with E-state index in [9.17, 15) is 4.79 Å². The number of ether oxygens (including phenoxy) is 3. The number of rotatable bonds is 5. The van der Waals surface area contributed by atoms with Gasteiger partial charge in [0.05, 0.1) is 19.3 Å². The van der Waals surface area contributed by atoms with Crippen molar-refractivity contribution in [1.29, 1.82) is 0 Å². The highest BCUT2D eigenvalue weighted by Gasteiger charge is 2.44. The Labute approximate surface area is 146 Å². The molecule has 1 aromatic carbocycles. The van der Waals surface area contributed by atoms with Gasteiger partial charge in [0, 0.05) is 25.0 Å². The number of halogens is 1. The zero-order chi connectivity index (χ0) is 17.0. The van der Waals surface area contributed by atoms with Crippen molar-refractivity contribution in [2.24, 2.45) is 0 Å². The summed E-state index contributed by atoms with van der Waals surface area (Å²) in [6.07, 6.45) is 1.09. The van der Waals surface area contributed by atoms with E-state index in [1.165, 1.54) is 0 Å². The van der Waals surface area contributed by atoms with E-state index in [1.807, 2.05) is 0 Å². The molecule has 0 aliphatic carbocycles. The van der Waals surface area contributed by atoms with Crippen LogP contribution < -0.4 is 15.4 Å². The minimum Gasteiger partial charge on any atom is -0.477 e. The number of benzene rings is 1. The Bertz CT molecular complexity index is 560. The number of nitrogens with one attached hydrogen (secondary N) is 2. The molecule has 2 heterocycles. The minimum atomic E-state index is -0.889. The van der Waals surface area contributed by atoms with Crippen LogP contribution in [-0.4, -0.2) is 57.1 Å². The van der Waals surface area contributed by atoms with E-state index in [4.69, 9.17) is 25.8 Å². The maximum Gasteiger partial charge on any atom is 0.264 e. The topological polar surface area (TPSA) is 68.8 Å². The maximum absolute atomic E-state index is 13.0. The molecule has 2 N–H and O–H groups in total. The van der Waals surface area contributed by atoms with Crippen molar-refractivity contribution in [2.75, 3.05) is 33.4 Å². The third-order valence-corrected chi connectivity index (χ3v) is 4.85. The van der Waals surface area contributed by atoms with Crippen molar-refractivity contribution in [3.8, 4) is 5.75 Å². The SMILES string of the molecule is CO[C@@H]1COC[C@H]1NC(=O)C1(Oc2ccc(Cl)cc2)CCNCC1. The minimum absolute atomic E-state index is 0.114. The van der Waals surface area contributed by atoms with Gasteiger partial charge in [-0.3, -0.25) is 4.79 Å². The summed E-state index contributed by atoms with van der Waals surface area (Å²) in [5.74, 6) is 0.527. The van der Waals surface area contributed by atoms with Gasteiger partial charge < -0.3 is 24.8 Å². The van der Waals surface area contributed by atoms with Crippen LogP contribution >= 0.6 is 11.6 Å². The number of carbonyl (C=O) groups excluding carboxylic acids is 1. The van der Waals surface area contributed by atoms with E-state index in [2.05, 4.69) is 10.6 Å². The van der Waals surface area contributed by atoms with Crippen molar-refractivity contribution < 1.29 is 19.0 Å². The average Bonchev–Trinajstić information content (AvgIpc) is 3.05. The normalized spacial score (nSPS) is 26.1. The van der Waals surface area contributed by atoms with E-state index < -0.39 is 5.60 Å². The summed E-state index contributed by atoms with van der Waals surface area (Å²) in [5, 5.41) is 6.96. The zero-order valence-corrected chi connectivity index (χ0v) is 14.5. The second-order valence-corrected chi connectivity index (χ2v) is 6.63. The van der Waals surface area contributed by atoms with E-state index in [-0.39, 0.29) is 18.1 Å². The molecule has 6 nitrogen and oxygen atoms in total. The van der Waals surface area contributed by atoms with Gasteiger partial charge in [-0.25, -0.2) is 0 Å². The van der Waals surface area contributed by atoms with Gasteiger partial charge in [-0.05, 0) is 37.4 Å². The molecule has 0 aromatic heterocycles. The molecule has 2 aliphatic heterocycles. The third kappa shape index (κ3) is 3.83. The summed E-state index contributed by atoms with van der Waals surface area (Å²) >= 11 is 5.92. The van der Waals surface area contributed by atoms with Crippen molar-refractivity contribution in [1.82, 2.24) is 10.6 Å². The first-order valence-corrected chi connectivity index (χ1v) is 8.57. The highest BCUT2D eigenvalue weighted by molar-refractivity contribution is 6.30. The van der Waals surface area contributed by atoms with Crippen LogP contribution in [0.15, 0.2) is 24.3 Å². The summed E-state index contributed by atoms with van der Waals surface area (Å²) in [7, 11) is 1.63. The summed E-state index contributed by atoms with van der Waals surface area (Å²) in [6, 6.07) is 6.94. The monoisotopic (exact) mass is 354 g/mol. The van der Waals surface area contributed by atoms with Gasteiger partial charge in [-0.1, -0.05) is 11.6 Å². The molecule has 2 fully saturated rings. The van der Waals surface area contributed by atoms with Gasteiger partial charge in [-0.2, -0.15) is 0 Å². The summed E-state index contributed by atoms with van der Waals surface area (Å²) < 4.78 is 16.9. The summed E-state index contributed by atoms with van der Waals surface area (Å²) in [5.41, 5.74) is -0.889. The van der Waals surface area contributed by atoms with Crippen molar-refractivity contribution in [2.45, 2.75) is 30.6 Å². The molecule has 132 valence electrons. The Morgan fingerprint density at radius 3 is 2.67 bits per heavy atom. The van der Waals surface area contributed by atoms with Crippen molar-refractivity contribution in [3.63, 3.8) is 0 Å². The van der Waals surface area contributed by atoms with Crippen molar-refractivity contribution >= 4 is 17.5 Å². The number of amides is 1. The Morgan fingerprint density at radius 1 is 1.29 bits per heavy atom. The van der Waals surface area contributed by atoms with Gasteiger partial charge in [0.15, 0.2) is 5.60 Å². The molecular weight excluding hydrogens is 332 g/mol. The van der Waals surface area contributed by atoms with Crippen LogP contribution in [0.2, 0.25) is 5.02 Å². The number of carbonyl (C=O) groups is 1. The van der Waals surface area contributed by atoms with Crippen LogP contribution in [0.4, 0.5) is 0 Å². The van der Waals surface area contributed by atoms with Crippen LogP contribution in [0.3, 0.4) is 0 Å². The first kappa shape index (κ1) is 17.5. The van der Waals surface area contributed by atoms with Gasteiger partial charge in [0.25, 0.3) is 5.91 Å². The average molecular weight is 355 g/mol. The molecule has 2 atom stereocenters. The van der Waals surface area contributed by atoms with Gasteiger partial charge in [0.1, 0.15) is 11.9 Å².